The molecule has 5 nitrogen and oxygen atoms in total. The number of likely N-dealkylation sites (tertiary alicyclic amines) is 1. The minimum atomic E-state index is -0.531. The number of rotatable bonds is 6. The van der Waals surface area contributed by atoms with Crippen molar-refractivity contribution in [3.8, 4) is 0 Å². The Hall–Kier alpha value is -0.650. The van der Waals surface area contributed by atoms with Crippen molar-refractivity contribution in [1.82, 2.24) is 4.90 Å². The van der Waals surface area contributed by atoms with Crippen LogP contribution in [0.1, 0.15) is 19.8 Å². The van der Waals surface area contributed by atoms with E-state index in [1.165, 1.54) is 6.42 Å². The number of nitrogens with two attached hydrogens (primary N) is 1. The fraction of sp³-hybridized carbons (Fsp3) is 0.917. The van der Waals surface area contributed by atoms with Gasteiger partial charge >= 0.3 is 5.97 Å². The third kappa shape index (κ3) is 5.02. The first kappa shape index (κ1) is 14.4. The molecule has 2 atom stereocenters. The lowest BCUT2D eigenvalue weighted by molar-refractivity contribution is -0.145. The van der Waals surface area contributed by atoms with Gasteiger partial charge in [-0.3, -0.25) is 4.79 Å². The van der Waals surface area contributed by atoms with E-state index in [2.05, 4.69) is 4.90 Å². The third-order valence-electron chi connectivity index (χ3n) is 3.05. The summed E-state index contributed by atoms with van der Waals surface area (Å²) in [4.78, 5) is 13.7. The molecule has 1 fully saturated rings. The molecule has 0 aromatic rings. The van der Waals surface area contributed by atoms with Crippen LogP contribution >= 0.6 is 0 Å². The number of hydrogen-bond acceptors (Lipinski definition) is 5. The molecule has 1 aliphatic rings. The molecular formula is C12H24N2O3. The molecule has 2 N–H and O–H groups in total. The highest BCUT2D eigenvalue weighted by Gasteiger charge is 2.24. The molecule has 1 heterocycles. The molecule has 5 heteroatoms. The van der Waals surface area contributed by atoms with E-state index in [0.717, 1.165) is 26.1 Å². The number of hydrogen-bond donors (Lipinski definition) is 1. The maximum Gasteiger partial charge on any atom is 0.324 e. The van der Waals surface area contributed by atoms with Crippen LogP contribution in [-0.2, 0) is 14.3 Å². The summed E-state index contributed by atoms with van der Waals surface area (Å²) in [6.07, 6.45) is 2.34. The second-order valence-electron chi connectivity index (χ2n) is 4.58. The summed E-state index contributed by atoms with van der Waals surface area (Å²) in [5.74, 6) is 0.254. The Morgan fingerprint density at radius 1 is 1.59 bits per heavy atom. The zero-order valence-corrected chi connectivity index (χ0v) is 10.9. The van der Waals surface area contributed by atoms with Crippen molar-refractivity contribution in [3.05, 3.63) is 0 Å². The largest absolute Gasteiger partial charge is 0.465 e. The molecule has 1 aliphatic heterocycles. The summed E-state index contributed by atoms with van der Waals surface area (Å²) in [5.41, 5.74) is 5.81. The Bertz CT molecular complexity index is 234. The van der Waals surface area contributed by atoms with Gasteiger partial charge in [-0.2, -0.15) is 0 Å². The van der Waals surface area contributed by atoms with E-state index < -0.39 is 6.04 Å². The van der Waals surface area contributed by atoms with Gasteiger partial charge in [-0.05, 0) is 32.2 Å². The molecule has 0 radical (unpaired) electrons. The van der Waals surface area contributed by atoms with Crippen LogP contribution < -0.4 is 5.73 Å². The number of esters is 1. The molecule has 0 aromatic carbocycles. The second-order valence-corrected chi connectivity index (χ2v) is 4.58. The predicted molar refractivity (Wildman–Crippen MR) is 65.6 cm³/mol. The lowest BCUT2D eigenvalue weighted by Gasteiger charge is -2.33. The van der Waals surface area contributed by atoms with E-state index in [1.54, 1.807) is 14.0 Å². The maximum atomic E-state index is 11.4. The van der Waals surface area contributed by atoms with Crippen molar-refractivity contribution >= 4 is 5.97 Å². The molecule has 0 bridgehead atoms. The summed E-state index contributed by atoms with van der Waals surface area (Å²) in [6.45, 7) is 5.51. The topological polar surface area (TPSA) is 64.8 Å². The summed E-state index contributed by atoms with van der Waals surface area (Å²) in [6, 6.07) is -0.531. The molecule has 1 saturated heterocycles. The Kier molecular flexibility index (Phi) is 6.47. The first-order chi connectivity index (χ1) is 8.17. The van der Waals surface area contributed by atoms with E-state index in [9.17, 15) is 4.79 Å². The van der Waals surface area contributed by atoms with Gasteiger partial charge in [-0.1, -0.05) is 0 Å². The molecule has 17 heavy (non-hydrogen) atoms. The van der Waals surface area contributed by atoms with Crippen molar-refractivity contribution in [1.29, 1.82) is 0 Å². The van der Waals surface area contributed by atoms with Gasteiger partial charge in [0.2, 0.25) is 0 Å². The van der Waals surface area contributed by atoms with Crippen LogP contribution in [0.4, 0.5) is 0 Å². The van der Waals surface area contributed by atoms with E-state index in [1.807, 2.05) is 0 Å². The van der Waals surface area contributed by atoms with Crippen LogP contribution in [0.2, 0.25) is 0 Å². The Morgan fingerprint density at radius 3 is 3.00 bits per heavy atom. The van der Waals surface area contributed by atoms with E-state index >= 15 is 0 Å². The van der Waals surface area contributed by atoms with E-state index in [0.29, 0.717) is 19.1 Å². The predicted octanol–water partition coefficient (Wildman–Crippen LogP) is 0.235. The maximum absolute atomic E-state index is 11.4. The monoisotopic (exact) mass is 244 g/mol. The van der Waals surface area contributed by atoms with Crippen LogP contribution in [0.5, 0.6) is 0 Å². The average molecular weight is 244 g/mol. The van der Waals surface area contributed by atoms with Crippen LogP contribution in [0.15, 0.2) is 0 Å². The second kappa shape index (κ2) is 7.63. The number of piperidine rings is 1. The quantitative estimate of drug-likeness (QED) is 0.678. The van der Waals surface area contributed by atoms with Gasteiger partial charge in [0.25, 0.3) is 0 Å². The number of carbonyl (C=O) groups excluding carboxylic acids is 1. The van der Waals surface area contributed by atoms with Gasteiger partial charge in [0.05, 0.1) is 13.2 Å². The van der Waals surface area contributed by atoms with Crippen LogP contribution in [0, 0.1) is 5.92 Å². The van der Waals surface area contributed by atoms with Gasteiger partial charge in [0.15, 0.2) is 0 Å². The highest BCUT2D eigenvalue weighted by molar-refractivity contribution is 5.75. The SMILES string of the molecule is CCOC(=O)C(N)CN1CCCC(COC)C1. The highest BCUT2D eigenvalue weighted by Crippen LogP contribution is 2.16. The standard InChI is InChI=1S/C12H24N2O3/c1-3-17-12(15)11(13)8-14-6-4-5-10(7-14)9-16-2/h10-11H,3-9,13H2,1-2H3. The number of methoxy groups -OCH3 is 1. The number of carbonyl (C=O) groups is 1. The summed E-state index contributed by atoms with van der Waals surface area (Å²) in [5, 5.41) is 0. The Morgan fingerprint density at radius 2 is 2.35 bits per heavy atom. The highest BCUT2D eigenvalue weighted by atomic mass is 16.5. The van der Waals surface area contributed by atoms with Crippen molar-refractivity contribution in [2.45, 2.75) is 25.8 Å². The lowest BCUT2D eigenvalue weighted by atomic mass is 9.98. The van der Waals surface area contributed by atoms with Gasteiger partial charge < -0.3 is 20.1 Å². The summed E-state index contributed by atoms with van der Waals surface area (Å²) >= 11 is 0. The number of ether oxygens (including phenoxy) is 2. The van der Waals surface area contributed by atoms with Gasteiger partial charge in [0, 0.05) is 20.2 Å². The van der Waals surface area contributed by atoms with Crippen LogP contribution in [0.25, 0.3) is 0 Å². The normalized spacial score (nSPS) is 23.4. The third-order valence-corrected chi connectivity index (χ3v) is 3.05. The van der Waals surface area contributed by atoms with Gasteiger partial charge in [-0.15, -0.1) is 0 Å². The summed E-state index contributed by atoms with van der Waals surface area (Å²) < 4.78 is 10.1. The fourth-order valence-corrected chi connectivity index (χ4v) is 2.29. The van der Waals surface area contributed by atoms with Crippen molar-refractivity contribution in [3.63, 3.8) is 0 Å². The van der Waals surface area contributed by atoms with E-state index in [4.69, 9.17) is 15.2 Å². The lowest BCUT2D eigenvalue weighted by Crippen LogP contribution is -2.47. The average Bonchev–Trinajstić information content (AvgIpc) is 2.30. The summed E-state index contributed by atoms with van der Waals surface area (Å²) in [7, 11) is 1.73. The molecule has 2 unspecified atom stereocenters. The zero-order valence-electron chi connectivity index (χ0n) is 10.9. The zero-order chi connectivity index (χ0) is 12.7. The fourth-order valence-electron chi connectivity index (χ4n) is 2.29. The molecule has 1 rings (SSSR count). The minimum absolute atomic E-state index is 0.304. The number of nitrogens with zero attached hydrogens (tertiary/aromatic N) is 1. The molecule has 0 amide bonds. The Balaban J connectivity index is 2.32. The Labute approximate surface area is 103 Å². The van der Waals surface area contributed by atoms with Crippen molar-refractivity contribution in [2.75, 3.05) is 40.0 Å². The molecule has 0 saturated carbocycles. The van der Waals surface area contributed by atoms with Crippen LogP contribution in [-0.4, -0.2) is 56.9 Å². The first-order valence-electron chi connectivity index (χ1n) is 6.30. The molecule has 0 aromatic heterocycles. The minimum Gasteiger partial charge on any atom is -0.465 e. The van der Waals surface area contributed by atoms with Gasteiger partial charge in [0.1, 0.15) is 6.04 Å². The first-order valence-corrected chi connectivity index (χ1v) is 6.30. The molecule has 100 valence electrons. The van der Waals surface area contributed by atoms with E-state index in [-0.39, 0.29) is 5.97 Å². The van der Waals surface area contributed by atoms with Crippen molar-refractivity contribution < 1.29 is 14.3 Å². The van der Waals surface area contributed by atoms with Crippen molar-refractivity contribution in [2.24, 2.45) is 11.7 Å². The molecular weight excluding hydrogens is 220 g/mol. The van der Waals surface area contributed by atoms with Crippen LogP contribution in [0.3, 0.4) is 0 Å². The molecule has 0 aliphatic carbocycles. The van der Waals surface area contributed by atoms with Gasteiger partial charge in [-0.25, -0.2) is 0 Å². The molecule has 0 spiro atoms. The smallest absolute Gasteiger partial charge is 0.324 e.